The lowest BCUT2D eigenvalue weighted by molar-refractivity contribution is -0.0505. The molecule has 19 heavy (non-hydrogen) atoms. The minimum absolute atomic E-state index is 0.211. The summed E-state index contributed by atoms with van der Waals surface area (Å²) in [6.07, 6.45) is 2.07. The lowest BCUT2D eigenvalue weighted by Gasteiger charge is -2.23. The van der Waals surface area contributed by atoms with Gasteiger partial charge in [0.2, 0.25) is 0 Å². The zero-order valence-electron chi connectivity index (χ0n) is 10.4. The van der Waals surface area contributed by atoms with Crippen LogP contribution in [0.15, 0.2) is 22.7 Å². The van der Waals surface area contributed by atoms with Crippen molar-refractivity contribution in [1.82, 2.24) is 5.32 Å². The molecule has 3 nitrogen and oxygen atoms in total. The molecule has 0 amide bonds. The molecule has 0 bridgehead atoms. The first-order chi connectivity index (χ1) is 9.15. The number of nitrogens with one attached hydrogen (secondary N) is 1. The quantitative estimate of drug-likeness (QED) is 0.895. The van der Waals surface area contributed by atoms with Gasteiger partial charge in [-0.25, -0.2) is 0 Å². The van der Waals surface area contributed by atoms with E-state index < -0.39 is 6.61 Å². The van der Waals surface area contributed by atoms with Gasteiger partial charge in [0.05, 0.1) is 6.61 Å². The molecule has 0 spiro atoms. The molecule has 1 aliphatic heterocycles. The van der Waals surface area contributed by atoms with E-state index in [4.69, 9.17) is 4.74 Å². The Morgan fingerprint density at radius 2 is 2.32 bits per heavy atom. The van der Waals surface area contributed by atoms with E-state index in [1.165, 1.54) is 0 Å². The molecule has 1 atom stereocenters. The zero-order chi connectivity index (χ0) is 13.7. The lowest BCUT2D eigenvalue weighted by Crippen LogP contribution is -2.36. The number of alkyl halides is 2. The van der Waals surface area contributed by atoms with Gasteiger partial charge >= 0.3 is 6.61 Å². The maximum absolute atomic E-state index is 12.3. The number of halogens is 3. The Hall–Kier alpha value is -0.720. The Morgan fingerprint density at radius 3 is 3.00 bits per heavy atom. The average molecular weight is 336 g/mol. The van der Waals surface area contributed by atoms with Gasteiger partial charge in [-0.2, -0.15) is 8.78 Å². The van der Waals surface area contributed by atoms with Gasteiger partial charge in [-0.1, -0.05) is 15.9 Å². The molecule has 1 saturated heterocycles. The minimum atomic E-state index is -2.81. The van der Waals surface area contributed by atoms with Gasteiger partial charge in [-0.3, -0.25) is 0 Å². The summed E-state index contributed by atoms with van der Waals surface area (Å²) in [5.41, 5.74) is 0.709. The predicted octanol–water partition coefficient (Wildman–Crippen LogP) is 3.32. The van der Waals surface area contributed by atoms with Crippen LogP contribution in [0, 0.1) is 0 Å². The van der Waals surface area contributed by atoms with Crippen molar-refractivity contribution in [2.24, 2.45) is 0 Å². The van der Waals surface area contributed by atoms with E-state index in [2.05, 4.69) is 26.0 Å². The monoisotopic (exact) mass is 335 g/mol. The van der Waals surface area contributed by atoms with Crippen molar-refractivity contribution in [2.45, 2.75) is 32.0 Å². The lowest BCUT2D eigenvalue weighted by atomic mass is 10.1. The molecule has 1 aromatic rings. The third kappa shape index (κ3) is 4.71. The SMILES string of the molecule is FC(F)Oc1ccc(Br)cc1CNC1CCCOC1. The predicted molar refractivity (Wildman–Crippen MR) is 71.5 cm³/mol. The second kappa shape index (κ2) is 7.17. The number of rotatable bonds is 5. The molecule has 1 aliphatic rings. The van der Waals surface area contributed by atoms with Gasteiger partial charge in [-0.15, -0.1) is 0 Å². The molecular formula is C13H16BrF2NO2. The molecule has 0 aromatic heterocycles. The van der Waals surface area contributed by atoms with Crippen LogP contribution in [-0.2, 0) is 11.3 Å². The molecule has 2 rings (SSSR count). The second-order valence-electron chi connectivity index (χ2n) is 4.43. The highest BCUT2D eigenvalue weighted by molar-refractivity contribution is 9.10. The largest absolute Gasteiger partial charge is 0.434 e. The third-order valence-electron chi connectivity index (χ3n) is 2.98. The Morgan fingerprint density at radius 1 is 1.47 bits per heavy atom. The molecule has 0 radical (unpaired) electrons. The Kier molecular flexibility index (Phi) is 5.54. The Bertz CT molecular complexity index is 412. The average Bonchev–Trinajstić information content (AvgIpc) is 2.40. The van der Waals surface area contributed by atoms with Crippen molar-refractivity contribution in [1.29, 1.82) is 0 Å². The van der Waals surface area contributed by atoms with Crippen molar-refractivity contribution in [2.75, 3.05) is 13.2 Å². The van der Waals surface area contributed by atoms with Gasteiger partial charge in [-0.05, 0) is 31.0 Å². The van der Waals surface area contributed by atoms with Crippen molar-refractivity contribution in [3.8, 4) is 5.75 Å². The van der Waals surface area contributed by atoms with Gasteiger partial charge in [0.25, 0.3) is 0 Å². The van der Waals surface area contributed by atoms with Crippen LogP contribution in [-0.4, -0.2) is 25.9 Å². The minimum Gasteiger partial charge on any atom is -0.434 e. The van der Waals surface area contributed by atoms with E-state index >= 15 is 0 Å². The molecule has 1 aromatic carbocycles. The zero-order valence-corrected chi connectivity index (χ0v) is 12.0. The molecule has 1 unspecified atom stereocenters. The van der Waals surface area contributed by atoms with E-state index in [0.717, 1.165) is 23.9 Å². The summed E-state index contributed by atoms with van der Waals surface area (Å²) in [5, 5.41) is 3.31. The van der Waals surface area contributed by atoms with Gasteiger partial charge < -0.3 is 14.8 Å². The molecular weight excluding hydrogens is 320 g/mol. The van der Waals surface area contributed by atoms with Gasteiger partial charge in [0, 0.05) is 29.2 Å². The summed E-state index contributed by atoms with van der Waals surface area (Å²) in [7, 11) is 0. The summed E-state index contributed by atoms with van der Waals surface area (Å²) in [6, 6.07) is 5.29. The topological polar surface area (TPSA) is 30.5 Å². The molecule has 106 valence electrons. The van der Waals surface area contributed by atoms with Crippen LogP contribution in [0.5, 0.6) is 5.75 Å². The Labute approximate surface area is 119 Å². The first-order valence-electron chi connectivity index (χ1n) is 6.19. The van der Waals surface area contributed by atoms with Crippen molar-refractivity contribution in [3.05, 3.63) is 28.2 Å². The van der Waals surface area contributed by atoms with E-state index in [1.54, 1.807) is 18.2 Å². The van der Waals surface area contributed by atoms with Crippen molar-refractivity contribution < 1.29 is 18.3 Å². The number of ether oxygens (including phenoxy) is 2. The van der Waals surface area contributed by atoms with Crippen LogP contribution in [0.3, 0.4) is 0 Å². The summed E-state index contributed by atoms with van der Waals surface area (Å²) >= 11 is 3.33. The van der Waals surface area contributed by atoms with Crippen molar-refractivity contribution in [3.63, 3.8) is 0 Å². The molecule has 1 fully saturated rings. The van der Waals surface area contributed by atoms with Crippen LogP contribution in [0.25, 0.3) is 0 Å². The summed E-state index contributed by atoms with van der Waals surface area (Å²) < 4.78 is 35.4. The van der Waals surface area contributed by atoms with Crippen LogP contribution in [0.2, 0.25) is 0 Å². The standard InChI is InChI=1S/C13H16BrF2NO2/c14-10-3-4-12(19-13(15)16)9(6-10)7-17-11-2-1-5-18-8-11/h3-4,6,11,13,17H,1-2,5,7-8H2. The fourth-order valence-electron chi connectivity index (χ4n) is 2.05. The number of hydrogen-bond acceptors (Lipinski definition) is 3. The maximum atomic E-state index is 12.3. The summed E-state index contributed by atoms with van der Waals surface area (Å²) in [5.74, 6) is 0.211. The van der Waals surface area contributed by atoms with Crippen LogP contribution >= 0.6 is 15.9 Å². The van der Waals surface area contributed by atoms with Crippen LogP contribution in [0.4, 0.5) is 8.78 Å². The van der Waals surface area contributed by atoms with Crippen LogP contribution in [0.1, 0.15) is 18.4 Å². The highest BCUT2D eigenvalue weighted by atomic mass is 79.9. The third-order valence-corrected chi connectivity index (χ3v) is 3.47. The summed E-state index contributed by atoms with van der Waals surface area (Å²) in [4.78, 5) is 0. The molecule has 0 aliphatic carbocycles. The smallest absolute Gasteiger partial charge is 0.387 e. The fraction of sp³-hybridized carbons (Fsp3) is 0.538. The first-order valence-corrected chi connectivity index (χ1v) is 6.99. The highest BCUT2D eigenvalue weighted by Crippen LogP contribution is 2.25. The van der Waals surface area contributed by atoms with E-state index in [1.807, 2.05) is 0 Å². The first kappa shape index (κ1) is 14.7. The van der Waals surface area contributed by atoms with Gasteiger partial charge in [0.15, 0.2) is 0 Å². The molecule has 0 saturated carbocycles. The highest BCUT2D eigenvalue weighted by Gasteiger charge is 2.15. The van der Waals surface area contributed by atoms with E-state index in [9.17, 15) is 8.78 Å². The normalized spacial score (nSPS) is 19.7. The van der Waals surface area contributed by atoms with E-state index in [-0.39, 0.29) is 11.8 Å². The fourth-order valence-corrected chi connectivity index (χ4v) is 2.46. The molecule has 6 heteroatoms. The Balaban J connectivity index is 1.98. The second-order valence-corrected chi connectivity index (χ2v) is 5.34. The van der Waals surface area contributed by atoms with Crippen LogP contribution < -0.4 is 10.1 Å². The van der Waals surface area contributed by atoms with Crippen molar-refractivity contribution >= 4 is 15.9 Å². The van der Waals surface area contributed by atoms with E-state index in [0.29, 0.717) is 18.7 Å². The summed E-state index contributed by atoms with van der Waals surface area (Å²) in [6.45, 7) is -0.860. The van der Waals surface area contributed by atoms with Gasteiger partial charge in [0.1, 0.15) is 5.75 Å². The number of hydrogen-bond donors (Lipinski definition) is 1. The maximum Gasteiger partial charge on any atom is 0.387 e. The molecule has 1 heterocycles. The number of benzene rings is 1. The molecule has 1 N–H and O–H groups in total.